The molecular weight excluding hydrogens is 364 g/mol. The number of hydrogen-bond donors (Lipinski definition) is 2. The van der Waals surface area contributed by atoms with Crippen LogP contribution in [0.2, 0.25) is 0 Å². The van der Waals surface area contributed by atoms with Crippen LogP contribution in [0.4, 0.5) is 0 Å². The lowest BCUT2D eigenvalue weighted by Crippen LogP contribution is -2.30. The highest BCUT2D eigenvalue weighted by atomic mass is 16.2. The van der Waals surface area contributed by atoms with E-state index in [0.717, 1.165) is 42.5 Å². The van der Waals surface area contributed by atoms with Crippen molar-refractivity contribution >= 4 is 5.91 Å². The van der Waals surface area contributed by atoms with E-state index in [2.05, 4.69) is 15.4 Å². The number of nitrogens with one attached hydrogen (secondary N) is 2. The van der Waals surface area contributed by atoms with Crippen LogP contribution in [0.1, 0.15) is 64.1 Å². The Labute approximate surface area is 170 Å². The largest absolute Gasteiger partial charge is 0.348 e. The molecule has 1 aliphatic rings. The van der Waals surface area contributed by atoms with Gasteiger partial charge in [-0.25, -0.2) is 0 Å². The molecule has 0 aliphatic heterocycles. The molecule has 0 radical (unpaired) electrons. The minimum absolute atomic E-state index is 0.0321. The number of aromatic nitrogens is 3. The second kappa shape index (κ2) is 8.07. The first-order valence-corrected chi connectivity index (χ1v) is 10.2. The van der Waals surface area contributed by atoms with E-state index in [1.165, 1.54) is 5.56 Å². The fourth-order valence-electron chi connectivity index (χ4n) is 4.12. The van der Waals surface area contributed by atoms with Crippen molar-refractivity contribution < 1.29 is 4.79 Å². The van der Waals surface area contributed by atoms with E-state index in [9.17, 15) is 9.59 Å². The standard InChI is InChI=1S/C23H26N4O2/c1-15-19-10-6-7-11-20(19)21(23(29)26-15)13-24-22(28)18-12-25-27(14-18)16(2)17-8-4-3-5-9-17/h3-5,8-9,12,14,16H,6-7,10-11,13H2,1-2H3,(H,24,28)(H,26,29). The number of amides is 1. The van der Waals surface area contributed by atoms with E-state index in [1.807, 2.05) is 44.2 Å². The monoisotopic (exact) mass is 390 g/mol. The number of hydrogen-bond acceptors (Lipinski definition) is 3. The number of nitrogens with zero attached hydrogens (tertiary/aromatic N) is 2. The number of fused-ring (bicyclic) bond motifs is 1. The zero-order valence-electron chi connectivity index (χ0n) is 16.9. The first kappa shape index (κ1) is 19.2. The molecule has 0 saturated carbocycles. The van der Waals surface area contributed by atoms with Gasteiger partial charge in [-0.3, -0.25) is 14.3 Å². The Hall–Kier alpha value is -3.15. The van der Waals surface area contributed by atoms with Crippen molar-refractivity contribution in [2.75, 3.05) is 0 Å². The molecule has 2 aromatic heterocycles. The Morgan fingerprint density at radius 1 is 1.21 bits per heavy atom. The van der Waals surface area contributed by atoms with Gasteiger partial charge >= 0.3 is 0 Å². The lowest BCUT2D eigenvalue weighted by Gasteiger charge is -2.21. The molecule has 0 saturated heterocycles. The molecule has 6 nitrogen and oxygen atoms in total. The zero-order valence-corrected chi connectivity index (χ0v) is 16.9. The van der Waals surface area contributed by atoms with Crippen LogP contribution in [0, 0.1) is 6.92 Å². The van der Waals surface area contributed by atoms with Crippen molar-refractivity contribution in [3.8, 4) is 0 Å². The SMILES string of the molecule is Cc1[nH]c(=O)c(CNC(=O)c2cnn(C(C)c3ccccc3)c2)c2c1CCCC2. The Morgan fingerprint density at radius 2 is 1.93 bits per heavy atom. The first-order chi connectivity index (χ1) is 14.0. The Kier molecular flexibility index (Phi) is 5.34. The highest BCUT2D eigenvalue weighted by molar-refractivity contribution is 5.93. The molecule has 4 rings (SSSR count). The first-order valence-electron chi connectivity index (χ1n) is 10.2. The Balaban J connectivity index is 1.49. The Bertz CT molecular complexity index is 1080. The van der Waals surface area contributed by atoms with Gasteiger partial charge < -0.3 is 10.3 Å². The molecule has 1 amide bonds. The second-order valence-electron chi connectivity index (χ2n) is 7.70. The summed E-state index contributed by atoms with van der Waals surface area (Å²) in [5, 5.41) is 7.26. The van der Waals surface area contributed by atoms with Crippen molar-refractivity contribution in [1.82, 2.24) is 20.1 Å². The van der Waals surface area contributed by atoms with Crippen LogP contribution in [-0.4, -0.2) is 20.7 Å². The molecule has 0 spiro atoms. The quantitative estimate of drug-likeness (QED) is 0.701. The van der Waals surface area contributed by atoms with Crippen molar-refractivity contribution in [2.45, 2.75) is 52.1 Å². The van der Waals surface area contributed by atoms with Gasteiger partial charge in [-0.05, 0) is 56.2 Å². The summed E-state index contributed by atoms with van der Waals surface area (Å²) in [6.07, 6.45) is 7.44. The van der Waals surface area contributed by atoms with Gasteiger partial charge in [0.05, 0.1) is 17.8 Å². The maximum Gasteiger partial charge on any atom is 0.254 e. The molecule has 0 fully saturated rings. The summed E-state index contributed by atoms with van der Waals surface area (Å²) < 4.78 is 1.78. The second-order valence-corrected chi connectivity index (χ2v) is 7.70. The molecule has 1 aromatic carbocycles. The smallest absolute Gasteiger partial charge is 0.254 e. The number of H-pyrrole nitrogens is 1. The van der Waals surface area contributed by atoms with Gasteiger partial charge in [0.1, 0.15) is 0 Å². The molecule has 3 aromatic rings. The summed E-state index contributed by atoms with van der Waals surface area (Å²) in [5.41, 5.74) is 5.51. The summed E-state index contributed by atoms with van der Waals surface area (Å²) in [6, 6.07) is 10.1. The van der Waals surface area contributed by atoms with Crippen molar-refractivity contribution in [2.24, 2.45) is 0 Å². The number of aromatic amines is 1. The van der Waals surface area contributed by atoms with Crippen LogP contribution in [0.5, 0.6) is 0 Å². The molecule has 29 heavy (non-hydrogen) atoms. The van der Waals surface area contributed by atoms with E-state index in [4.69, 9.17) is 0 Å². The summed E-state index contributed by atoms with van der Waals surface area (Å²) in [7, 11) is 0. The summed E-state index contributed by atoms with van der Waals surface area (Å²) in [6.45, 7) is 4.23. The van der Waals surface area contributed by atoms with Crippen LogP contribution in [-0.2, 0) is 19.4 Å². The topological polar surface area (TPSA) is 79.8 Å². The minimum atomic E-state index is -0.221. The number of carbonyl (C=O) groups excluding carboxylic acids is 1. The Morgan fingerprint density at radius 3 is 2.69 bits per heavy atom. The summed E-state index contributed by atoms with van der Waals surface area (Å²) in [5.74, 6) is -0.221. The summed E-state index contributed by atoms with van der Waals surface area (Å²) in [4.78, 5) is 28.1. The number of aryl methyl sites for hydroxylation is 1. The predicted molar refractivity (Wildman–Crippen MR) is 112 cm³/mol. The summed E-state index contributed by atoms with van der Waals surface area (Å²) >= 11 is 0. The molecule has 1 atom stereocenters. The normalized spacial score (nSPS) is 14.3. The average Bonchev–Trinajstić information content (AvgIpc) is 3.24. The molecule has 6 heteroatoms. The van der Waals surface area contributed by atoms with Crippen LogP contribution in [0.3, 0.4) is 0 Å². The van der Waals surface area contributed by atoms with Gasteiger partial charge in [0.25, 0.3) is 11.5 Å². The third-order valence-corrected chi connectivity index (χ3v) is 5.83. The van der Waals surface area contributed by atoms with E-state index in [0.29, 0.717) is 11.1 Å². The van der Waals surface area contributed by atoms with E-state index >= 15 is 0 Å². The van der Waals surface area contributed by atoms with Gasteiger partial charge in [0.15, 0.2) is 0 Å². The lowest BCUT2D eigenvalue weighted by atomic mass is 9.88. The van der Waals surface area contributed by atoms with Crippen molar-refractivity contribution in [1.29, 1.82) is 0 Å². The zero-order chi connectivity index (χ0) is 20.4. The van der Waals surface area contributed by atoms with Crippen LogP contribution in [0.15, 0.2) is 47.5 Å². The minimum Gasteiger partial charge on any atom is -0.348 e. The van der Waals surface area contributed by atoms with E-state index in [-0.39, 0.29) is 24.1 Å². The van der Waals surface area contributed by atoms with Crippen LogP contribution < -0.4 is 10.9 Å². The number of rotatable bonds is 5. The fourth-order valence-corrected chi connectivity index (χ4v) is 4.12. The molecule has 150 valence electrons. The van der Waals surface area contributed by atoms with E-state index in [1.54, 1.807) is 17.1 Å². The highest BCUT2D eigenvalue weighted by Gasteiger charge is 2.20. The molecule has 0 bridgehead atoms. The fraction of sp³-hybridized carbons (Fsp3) is 0.348. The molecule has 1 aliphatic carbocycles. The number of pyridine rings is 1. The van der Waals surface area contributed by atoms with Gasteiger partial charge in [-0.1, -0.05) is 30.3 Å². The molecular formula is C23H26N4O2. The number of benzene rings is 1. The third kappa shape index (κ3) is 3.88. The highest BCUT2D eigenvalue weighted by Crippen LogP contribution is 2.24. The van der Waals surface area contributed by atoms with Gasteiger partial charge in [-0.2, -0.15) is 5.10 Å². The lowest BCUT2D eigenvalue weighted by molar-refractivity contribution is 0.0950. The average molecular weight is 390 g/mol. The molecule has 1 unspecified atom stereocenters. The third-order valence-electron chi connectivity index (χ3n) is 5.83. The van der Waals surface area contributed by atoms with Crippen molar-refractivity contribution in [3.63, 3.8) is 0 Å². The molecule has 2 heterocycles. The van der Waals surface area contributed by atoms with Gasteiger partial charge in [0, 0.05) is 24.0 Å². The van der Waals surface area contributed by atoms with Crippen LogP contribution in [0.25, 0.3) is 0 Å². The van der Waals surface area contributed by atoms with E-state index < -0.39 is 0 Å². The van der Waals surface area contributed by atoms with Crippen LogP contribution >= 0.6 is 0 Å². The number of carbonyl (C=O) groups is 1. The maximum atomic E-state index is 12.7. The van der Waals surface area contributed by atoms with Gasteiger partial charge in [0.2, 0.25) is 0 Å². The molecule has 2 N–H and O–H groups in total. The maximum absolute atomic E-state index is 12.7. The van der Waals surface area contributed by atoms with Gasteiger partial charge in [-0.15, -0.1) is 0 Å². The predicted octanol–water partition coefficient (Wildman–Crippen LogP) is 3.30. The van der Waals surface area contributed by atoms with Crippen molar-refractivity contribution in [3.05, 3.63) is 86.6 Å².